The number of furan rings is 1. The highest BCUT2D eigenvalue weighted by atomic mass is 32.2. The largest absolute Gasteiger partial charge is 0.467 e. The van der Waals surface area contributed by atoms with Crippen molar-refractivity contribution in [2.45, 2.75) is 17.2 Å². The molecule has 0 aliphatic heterocycles. The van der Waals surface area contributed by atoms with Crippen LogP contribution in [0.4, 0.5) is 16.2 Å². The van der Waals surface area contributed by atoms with Gasteiger partial charge in [-0.2, -0.15) is 0 Å². The molecule has 0 fully saturated rings. The molecule has 0 bridgehead atoms. The highest BCUT2D eigenvalue weighted by molar-refractivity contribution is 7.98. The third-order valence-electron chi connectivity index (χ3n) is 4.49. The van der Waals surface area contributed by atoms with Gasteiger partial charge < -0.3 is 20.4 Å². The van der Waals surface area contributed by atoms with Crippen molar-refractivity contribution in [3.05, 3.63) is 101 Å². The number of hydrogen-bond donors (Lipinski definition) is 3. The number of benzene rings is 2. The SMILES string of the molecule is O=C(NCc1ccco1)Nc1ccc(NC(=O)c2ccccc2SCc2cccs2)cc1. The summed E-state index contributed by atoms with van der Waals surface area (Å²) in [4.78, 5) is 27.1. The van der Waals surface area contributed by atoms with Gasteiger partial charge in [-0.05, 0) is 60.0 Å². The summed E-state index contributed by atoms with van der Waals surface area (Å²) in [6.07, 6.45) is 1.56. The van der Waals surface area contributed by atoms with E-state index >= 15 is 0 Å². The van der Waals surface area contributed by atoms with Crippen LogP contribution in [0.15, 0.2) is 93.8 Å². The second kappa shape index (κ2) is 10.7. The minimum Gasteiger partial charge on any atom is -0.467 e. The molecule has 162 valence electrons. The fourth-order valence-electron chi connectivity index (χ4n) is 2.91. The van der Waals surface area contributed by atoms with E-state index in [1.165, 1.54) is 4.88 Å². The lowest BCUT2D eigenvalue weighted by Gasteiger charge is -2.11. The van der Waals surface area contributed by atoms with Crippen molar-refractivity contribution in [1.82, 2.24) is 5.32 Å². The molecule has 32 heavy (non-hydrogen) atoms. The highest BCUT2D eigenvalue weighted by Crippen LogP contribution is 2.28. The number of anilines is 2. The smallest absolute Gasteiger partial charge is 0.319 e. The predicted octanol–water partition coefficient (Wildman–Crippen LogP) is 6.21. The van der Waals surface area contributed by atoms with E-state index in [4.69, 9.17) is 4.42 Å². The molecule has 0 saturated carbocycles. The normalized spacial score (nSPS) is 10.5. The van der Waals surface area contributed by atoms with Crippen LogP contribution in [-0.2, 0) is 12.3 Å². The molecule has 0 saturated heterocycles. The third-order valence-corrected chi connectivity index (χ3v) is 6.67. The van der Waals surface area contributed by atoms with Crippen LogP contribution >= 0.6 is 23.1 Å². The highest BCUT2D eigenvalue weighted by Gasteiger charge is 2.12. The molecule has 3 amide bonds. The summed E-state index contributed by atoms with van der Waals surface area (Å²) in [5, 5.41) is 10.4. The Labute approximate surface area is 194 Å². The minimum absolute atomic E-state index is 0.170. The maximum absolute atomic E-state index is 12.8. The van der Waals surface area contributed by atoms with E-state index in [1.54, 1.807) is 65.8 Å². The Bertz CT molecular complexity index is 1160. The number of rotatable bonds is 8. The first-order valence-corrected chi connectivity index (χ1v) is 11.8. The first-order valence-electron chi connectivity index (χ1n) is 9.90. The summed E-state index contributed by atoms with van der Waals surface area (Å²) in [6, 6.07) is 21.9. The van der Waals surface area contributed by atoms with Gasteiger partial charge >= 0.3 is 6.03 Å². The number of thiophene rings is 1. The zero-order valence-corrected chi connectivity index (χ0v) is 18.7. The average Bonchev–Trinajstić information content (AvgIpc) is 3.52. The quantitative estimate of drug-likeness (QED) is 0.271. The second-order valence-electron chi connectivity index (χ2n) is 6.78. The fourth-order valence-corrected chi connectivity index (χ4v) is 4.74. The summed E-state index contributed by atoms with van der Waals surface area (Å²) >= 11 is 3.35. The van der Waals surface area contributed by atoms with Crippen molar-refractivity contribution in [2.75, 3.05) is 10.6 Å². The first-order chi connectivity index (χ1) is 15.7. The van der Waals surface area contributed by atoms with Gasteiger partial charge in [0.05, 0.1) is 18.4 Å². The van der Waals surface area contributed by atoms with Gasteiger partial charge in [-0.3, -0.25) is 4.79 Å². The van der Waals surface area contributed by atoms with Gasteiger partial charge in [0, 0.05) is 26.9 Å². The molecule has 2 aromatic heterocycles. The Kier molecular flexibility index (Phi) is 7.27. The molecule has 2 aromatic carbocycles. The first kappa shape index (κ1) is 21.7. The summed E-state index contributed by atoms with van der Waals surface area (Å²) in [5.74, 6) is 1.33. The molecule has 0 aliphatic carbocycles. The summed E-state index contributed by atoms with van der Waals surface area (Å²) in [7, 11) is 0. The van der Waals surface area contributed by atoms with Crippen molar-refractivity contribution in [1.29, 1.82) is 0 Å². The second-order valence-corrected chi connectivity index (χ2v) is 8.83. The molecule has 3 N–H and O–H groups in total. The van der Waals surface area contributed by atoms with Crippen molar-refractivity contribution in [3.63, 3.8) is 0 Å². The van der Waals surface area contributed by atoms with E-state index in [2.05, 4.69) is 27.4 Å². The Morgan fingerprint density at radius 2 is 1.66 bits per heavy atom. The fraction of sp³-hybridized carbons (Fsp3) is 0.0833. The maximum atomic E-state index is 12.8. The molecule has 2 heterocycles. The Balaban J connectivity index is 1.32. The lowest BCUT2D eigenvalue weighted by atomic mass is 10.2. The van der Waals surface area contributed by atoms with Gasteiger partial charge in [0.15, 0.2) is 0 Å². The van der Waals surface area contributed by atoms with Crippen molar-refractivity contribution < 1.29 is 14.0 Å². The molecule has 8 heteroatoms. The lowest BCUT2D eigenvalue weighted by Crippen LogP contribution is -2.27. The molecular formula is C24H21N3O3S2. The summed E-state index contributed by atoms with van der Waals surface area (Å²) < 4.78 is 5.18. The number of amides is 3. The molecule has 0 spiro atoms. The van der Waals surface area contributed by atoms with Crippen LogP contribution in [0.25, 0.3) is 0 Å². The number of hydrogen-bond acceptors (Lipinski definition) is 5. The van der Waals surface area contributed by atoms with Crippen molar-refractivity contribution in [2.24, 2.45) is 0 Å². The van der Waals surface area contributed by atoms with E-state index in [0.717, 1.165) is 10.6 Å². The van der Waals surface area contributed by atoms with Crippen LogP contribution in [0.3, 0.4) is 0 Å². The number of thioether (sulfide) groups is 1. The predicted molar refractivity (Wildman–Crippen MR) is 129 cm³/mol. The molecule has 4 rings (SSSR count). The third kappa shape index (κ3) is 6.03. The molecule has 6 nitrogen and oxygen atoms in total. The van der Waals surface area contributed by atoms with Gasteiger partial charge in [-0.25, -0.2) is 4.79 Å². The Morgan fingerprint density at radius 1 is 0.875 bits per heavy atom. The molecule has 0 unspecified atom stereocenters. The van der Waals surface area contributed by atoms with E-state index in [0.29, 0.717) is 29.2 Å². The van der Waals surface area contributed by atoms with Gasteiger partial charge in [-0.15, -0.1) is 23.1 Å². The van der Waals surface area contributed by atoms with Crippen LogP contribution in [0.5, 0.6) is 0 Å². The van der Waals surface area contributed by atoms with Gasteiger partial charge in [0.2, 0.25) is 0 Å². The molecular weight excluding hydrogens is 442 g/mol. The standard InChI is InChI=1S/C24H21N3O3S2/c28-23(21-7-1-2-8-22(21)32-16-20-6-4-14-31-20)26-17-9-11-18(12-10-17)27-24(29)25-15-19-5-3-13-30-19/h1-14H,15-16H2,(H,26,28)(H2,25,27,29). The van der Waals surface area contributed by atoms with Crippen molar-refractivity contribution in [3.8, 4) is 0 Å². The monoisotopic (exact) mass is 463 g/mol. The summed E-state index contributed by atoms with van der Waals surface area (Å²) in [5.41, 5.74) is 1.90. The number of carbonyl (C=O) groups excluding carboxylic acids is 2. The van der Waals surface area contributed by atoms with Gasteiger partial charge in [0.25, 0.3) is 5.91 Å². The van der Waals surface area contributed by atoms with E-state index in [9.17, 15) is 9.59 Å². The van der Waals surface area contributed by atoms with Crippen LogP contribution in [0, 0.1) is 0 Å². The number of carbonyl (C=O) groups is 2. The van der Waals surface area contributed by atoms with Crippen molar-refractivity contribution >= 4 is 46.4 Å². The van der Waals surface area contributed by atoms with Crippen LogP contribution in [0.2, 0.25) is 0 Å². The Morgan fingerprint density at radius 3 is 2.38 bits per heavy atom. The number of nitrogens with one attached hydrogen (secondary N) is 3. The summed E-state index contributed by atoms with van der Waals surface area (Å²) in [6.45, 7) is 0.302. The maximum Gasteiger partial charge on any atom is 0.319 e. The van der Waals surface area contributed by atoms with Gasteiger partial charge in [-0.1, -0.05) is 18.2 Å². The molecule has 0 atom stereocenters. The Hall–Kier alpha value is -3.49. The van der Waals surface area contributed by atoms with E-state index < -0.39 is 0 Å². The van der Waals surface area contributed by atoms with Crippen LogP contribution in [-0.4, -0.2) is 11.9 Å². The lowest BCUT2D eigenvalue weighted by molar-refractivity contribution is 0.102. The van der Waals surface area contributed by atoms with Crippen LogP contribution < -0.4 is 16.0 Å². The van der Waals surface area contributed by atoms with E-state index in [-0.39, 0.29) is 11.9 Å². The zero-order chi connectivity index (χ0) is 22.2. The molecule has 4 aromatic rings. The van der Waals surface area contributed by atoms with Crippen LogP contribution in [0.1, 0.15) is 21.0 Å². The average molecular weight is 464 g/mol. The number of urea groups is 1. The zero-order valence-electron chi connectivity index (χ0n) is 17.0. The van der Waals surface area contributed by atoms with Gasteiger partial charge in [0.1, 0.15) is 5.76 Å². The minimum atomic E-state index is -0.338. The molecule has 0 aliphatic rings. The molecule has 0 radical (unpaired) electrons. The van der Waals surface area contributed by atoms with E-state index in [1.807, 2.05) is 30.3 Å². The topological polar surface area (TPSA) is 83.4 Å².